The van der Waals surface area contributed by atoms with Crippen LogP contribution in [0.4, 0.5) is 5.82 Å². The molecule has 0 aliphatic carbocycles. The van der Waals surface area contributed by atoms with Crippen molar-refractivity contribution >= 4 is 11.7 Å². The number of aryl methyl sites for hydroxylation is 1. The van der Waals surface area contributed by atoms with Crippen LogP contribution in [0.15, 0.2) is 36.5 Å². The summed E-state index contributed by atoms with van der Waals surface area (Å²) in [5.74, 6) is 0.765. The highest BCUT2D eigenvalue weighted by Gasteiger charge is 2.22. The van der Waals surface area contributed by atoms with Crippen LogP contribution in [0.5, 0.6) is 0 Å². The maximum absolute atomic E-state index is 12.1. The lowest BCUT2D eigenvalue weighted by atomic mass is 10.2. The Kier molecular flexibility index (Phi) is 5.28. The van der Waals surface area contributed by atoms with Crippen molar-refractivity contribution in [3.05, 3.63) is 53.5 Å². The van der Waals surface area contributed by atoms with Crippen LogP contribution in [0.3, 0.4) is 0 Å². The van der Waals surface area contributed by atoms with E-state index in [1.165, 1.54) is 0 Å². The van der Waals surface area contributed by atoms with E-state index < -0.39 is 0 Å². The molecule has 3 rings (SSSR count). The van der Waals surface area contributed by atoms with Crippen LogP contribution in [0, 0.1) is 6.92 Å². The fourth-order valence-electron chi connectivity index (χ4n) is 3.02. The molecule has 0 bridgehead atoms. The standard InChI is InChI=1S/C19H24N4O2/c1-13-5-4-6-17(22-13)19(24)21-10-16-7-8-18(20-9-16)23-11-14(2)25-15(3)12-23/h4-9,14-15H,10-12H2,1-3H3,(H,21,24)/t14-,15+. The molecule has 25 heavy (non-hydrogen) atoms. The second-order valence-corrected chi connectivity index (χ2v) is 6.53. The van der Waals surface area contributed by atoms with Crippen LogP contribution in [-0.2, 0) is 11.3 Å². The first kappa shape index (κ1) is 17.4. The molecule has 1 fully saturated rings. The molecule has 0 radical (unpaired) electrons. The average Bonchev–Trinajstić information content (AvgIpc) is 2.59. The quantitative estimate of drug-likeness (QED) is 0.925. The number of nitrogens with zero attached hydrogens (tertiary/aromatic N) is 3. The van der Waals surface area contributed by atoms with Gasteiger partial charge in [0.2, 0.25) is 0 Å². The van der Waals surface area contributed by atoms with E-state index in [-0.39, 0.29) is 18.1 Å². The van der Waals surface area contributed by atoms with E-state index in [0.29, 0.717) is 12.2 Å². The first-order valence-electron chi connectivity index (χ1n) is 8.58. The van der Waals surface area contributed by atoms with E-state index in [9.17, 15) is 4.79 Å². The van der Waals surface area contributed by atoms with Crippen molar-refractivity contribution < 1.29 is 9.53 Å². The first-order valence-corrected chi connectivity index (χ1v) is 8.58. The van der Waals surface area contributed by atoms with Crippen LogP contribution in [0.2, 0.25) is 0 Å². The van der Waals surface area contributed by atoms with E-state index in [1.807, 2.05) is 37.4 Å². The molecule has 2 aromatic heterocycles. The molecular formula is C19H24N4O2. The van der Waals surface area contributed by atoms with Gasteiger partial charge in [0.15, 0.2) is 0 Å². The summed E-state index contributed by atoms with van der Waals surface area (Å²) < 4.78 is 5.75. The molecular weight excluding hydrogens is 316 g/mol. The summed E-state index contributed by atoms with van der Waals surface area (Å²) in [6.07, 6.45) is 2.21. The fraction of sp³-hybridized carbons (Fsp3) is 0.421. The van der Waals surface area contributed by atoms with Gasteiger partial charge in [-0.25, -0.2) is 9.97 Å². The molecule has 1 aliphatic heterocycles. The number of rotatable bonds is 4. The minimum atomic E-state index is -0.177. The SMILES string of the molecule is Cc1cccc(C(=O)NCc2ccc(N3C[C@@H](C)O[C@@H](C)C3)nc2)n1. The van der Waals surface area contributed by atoms with E-state index in [4.69, 9.17) is 4.74 Å². The van der Waals surface area contributed by atoms with Crippen molar-refractivity contribution in [1.82, 2.24) is 15.3 Å². The highest BCUT2D eigenvalue weighted by molar-refractivity contribution is 5.92. The first-order chi connectivity index (χ1) is 12.0. The Morgan fingerprint density at radius 2 is 2.00 bits per heavy atom. The van der Waals surface area contributed by atoms with Gasteiger partial charge in [0.05, 0.1) is 12.2 Å². The zero-order valence-corrected chi connectivity index (χ0v) is 14.9. The summed E-state index contributed by atoms with van der Waals surface area (Å²) in [5.41, 5.74) is 2.22. The zero-order chi connectivity index (χ0) is 17.8. The predicted octanol–water partition coefficient (Wildman–Crippen LogP) is 2.33. The van der Waals surface area contributed by atoms with E-state index in [2.05, 4.69) is 34.0 Å². The van der Waals surface area contributed by atoms with Gasteiger partial charge >= 0.3 is 0 Å². The Labute approximate surface area is 148 Å². The Balaban J connectivity index is 1.58. The molecule has 1 amide bonds. The number of carbonyl (C=O) groups is 1. The average molecular weight is 340 g/mol. The molecule has 6 nitrogen and oxygen atoms in total. The third kappa shape index (κ3) is 4.54. The minimum Gasteiger partial charge on any atom is -0.372 e. The second-order valence-electron chi connectivity index (χ2n) is 6.53. The van der Waals surface area contributed by atoms with Crippen LogP contribution >= 0.6 is 0 Å². The van der Waals surface area contributed by atoms with Gasteiger partial charge in [-0.05, 0) is 44.5 Å². The zero-order valence-electron chi connectivity index (χ0n) is 14.9. The van der Waals surface area contributed by atoms with Crippen LogP contribution in [0.25, 0.3) is 0 Å². The Hall–Kier alpha value is -2.47. The minimum absolute atomic E-state index is 0.177. The summed E-state index contributed by atoms with van der Waals surface area (Å²) in [6.45, 7) is 8.13. The van der Waals surface area contributed by atoms with Crippen molar-refractivity contribution in [3.63, 3.8) is 0 Å². The van der Waals surface area contributed by atoms with Crippen molar-refractivity contribution in [2.45, 2.75) is 39.5 Å². The maximum Gasteiger partial charge on any atom is 0.270 e. The Bertz CT molecular complexity index is 722. The van der Waals surface area contributed by atoms with Gasteiger partial charge in [0.1, 0.15) is 11.5 Å². The number of pyridine rings is 2. The van der Waals surface area contributed by atoms with E-state index in [0.717, 1.165) is 30.2 Å². The molecule has 2 atom stereocenters. The molecule has 3 heterocycles. The number of aromatic nitrogens is 2. The Morgan fingerprint density at radius 1 is 1.24 bits per heavy atom. The lowest BCUT2D eigenvalue weighted by molar-refractivity contribution is -0.00546. The van der Waals surface area contributed by atoms with Crippen LogP contribution in [0.1, 0.15) is 35.6 Å². The lowest BCUT2D eigenvalue weighted by Crippen LogP contribution is -2.45. The lowest BCUT2D eigenvalue weighted by Gasteiger charge is -2.36. The number of nitrogens with one attached hydrogen (secondary N) is 1. The third-order valence-electron chi connectivity index (χ3n) is 4.13. The van der Waals surface area contributed by atoms with Gasteiger partial charge in [-0.1, -0.05) is 12.1 Å². The highest BCUT2D eigenvalue weighted by atomic mass is 16.5. The normalized spacial score (nSPS) is 20.4. The van der Waals surface area contributed by atoms with Gasteiger partial charge < -0.3 is 15.0 Å². The summed E-state index contributed by atoms with van der Waals surface area (Å²) in [7, 11) is 0. The Morgan fingerprint density at radius 3 is 2.64 bits per heavy atom. The molecule has 1 N–H and O–H groups in total. The summed E-state index contributed by atoms with van der Waals surface area (Å²) in [6, 6.07) is 9.41. The molecule has 1 saturated heterocycles. The molecule has 0 spiro atoms. The highest BCUT2D eigenvalue weighted by Crippen LogP contribution is 2.18. The molecule has 0 unspecified atom stereocenters. The maximum atomic E-state index is 12.1. The van der Waals surface area contributed by atoms with Gasteiger partial charge in [0, 0.05) is 31.5 Å². The van der Waals surface area contributed by atoms with E-state index >= 15 is 0 Å². The summed E-state index contributed by atoms with van der Waals surface area (Å²) in [4.78, 5) is 23.1. The van der Waals surface area contributed by atoms with Crippen LogP contribution < -0.4 is 10.2 Å². The summed E-state index contributed by atoms with van der Waals surface area (Å²) in [5, 5.41) is 2.88. The number of ether oxygens (including phenoxy) is 1. The van der Waals surface area contributed by atoms with Gasteiger partial charge in [-0.3, -0.25) is 4.79 Å². The van der Waals surface area contributed by atoms with Crippen molar-refractivity contribution in [3.8, 4) is 0 Å². The van der Waals surface area contributed by atoms with Gasteiger partial charge in [-0.2, -0.15) is 0 Å². The largest absolute Gasteiger partial charge is 0.372 e. The van der Waals surface area contributed by atoms with E-state index in [1.54, 1.807) is 6.07 Å². The number of hydrogen-bond donors (Lipinski definition) is 1. The molecule has 1 aliphatic rings. The second kappa shape index (κ2) is 7.61. The molecule has 132 valence electrons. The van der Waals surface area contributed by atoms with Crippen molar-refractivity contribution in [1.29, 1.82) is 0 Å². The molecule has 0 aromatic carbocycles. The molecule has 0 saturated carbocycles. The number of amides is 1. The molecule has 6 heteroatoms. The van der Waals surface area contributed by atoms with Crippen molar-refractivity contribution in [2.75, 3.05) is 18.0 Å². The van der Waals surface area contributed by atoms with Crippen LogP contribution in [-0.4, -0.2) is 41.2 Å². The van der Waals surface area contributed by atoms with Crippen molar-refractivity contribution in [2.24, 2.45) is 0 Å². The van der Waals surface area contributed by atoms with Gasteiger partial charge in [0.25, 0.3) is 5.91 Å². The van der Waals surface area contributed by atoms with Gasteiger partial charge in [-0.15, -0.1) is 0 Å². The number of hydrogen-bond acceptors (Lipinski definition) is 5. The summed E-state index contributed by atoms with van der Waals surface area (Å²) >= 11 is 0. The number of anilines is 1. The fourth-order valence-corrected chi connectivity index (χ4v) is 3.02. The third-order valence-corrected chi connectivity index (χ3v) is 4.13. The monoisotopic (exact) mass is 340 g/mol. The topological polar surface area (TPSA) is 67.4 Å². The predicted molar refractivity (Wildman–Crippen MR) is 96.6 cm³/mol. The molecule has 2 aromatic rings. The smallest absolute Gasteiger partial charge is 0.270 e. The number of morpholine rings is 1. The number of carbonyl (C=O) groups excluding carboxylic acids is 1.